The Kier molecular flexibility index (Phi) is 12.4. The molecule has 0 radical (unpaired) electrons. The average molecular weight is 927 g/mol. The number of aromatic nitrogens is 8. The van der Waals surface area contributed by atoms with Crippen molar-refractivity contribution < 1.29 is 45.3 Å². The van der Waals surface area contributed by atoms with Gasteiger partial charge in [0.2, 0.25) is 11.3 Å². The fraction of sp³-hybridized carbons (Fsp3) is 0.476. The minimum absolute atomic E-state index is 0.310. The number of rotatable bonds is 9. The largest absolute Gasteiger partial charge is 0.573 e. The zero-order valence-corrected chi connectivity index (χ0v) is 36.1. The third-order valence-electron chi connectivity index (χ3n) is 12.0. The first-order valence-corrected chi connectivity index (χ1v) is 21.6. The summed E-state index contributed by atoms with van der Waals surface area (Å²) in [6.45, 7) is 7.31. The predicted molar refractivity (Wildman–Crippen MR) is 231 cm³/mol. The van der Waals surface area contributed by atoms with Gasteiger partial charge in [-0.05, 0) is 81.4 Å². The fourth-order valence-corrected chi connectivity index (χ4v) is 8.56. The van der Waals surface area contributed by atoms with Crippen LogP contribution in [-0.2, 0) is 0 Å². The lowest BCUT2D eigenvalue weighted by Gasteiger charge is -2.35. The first-order valence-electron chi connectivity index (χ1n) is 21.6. The number of anilines is 4. The Morgan fingerprint density at radius 1 is 0.697 bits per heavy atom. The molecule has 0 bridgehead atoms. The van der Waals surface area contributed by atoms with Crippen molar-refractivity contribution in [3.63, 3.8) is 0 Å². The topological polar surface area (TPSA) is 183 Å². The van der Waals surface area contributed by atoms with Gasteiger partial charge in [0.15, 0.2) is 34.8 Å². The molecule has 2 aromatic carbocycles. The van der Waals surface area contributed by atoms with E-state index in [0.717, 1.165) is 69.8 Å². The fourth-order valence-electron chi connectivity index (χ4n) is 8.56. The molecule has 0 aliphatic carbocycles. The molecule has 2 fully saturated rings. The normalized spacial score (nSPS) is 17.1. The zero-order chi connectivity index (χ0) is 46.2. The third kappa shape index (κ3) is 9.55. The van der Waals surface area contributed by atoms with Gasteiger partial charge in [-0.1, -0.05) is 24.3 Å². The van der Waals surface area contributed by atoms with E-state index in [9.17, 15) is 26.3 Å². The van der Waals surface area contributed by atoms with Crippen LogP contribution < -0.4 is 50.0 Å². The van der Waals surface area contributed by atoms with Gasteiger partial charge in [0.25, 0.3) is 0 Å². The standard InChI is InChI=1S/2C21H24F3N7O2/c1-30-9-10-32-17-16(30)20-28-27-19(14-3-2-4-15(11-14)33-21(22,23)24)31(20)29-18(17)26-12-13-5-7-25-8-6-13;1-29-9-10-32-17-16(29)19-27-26-18(14-3-2-4-15(11-14)33-21(22,23)24)31(19)28-20(17)30-7-5-13(12-25)6-8-30/h2-4,11,13,25H,5-10,12H2,1H3,(H,26,29);2-4,11,13H,5-10,12,25H2,1H3. The first kappa shape index (κ1) is 44.6. The summed E-state index contributed by atoms with van der Waals surface area (Å²) < 4.78 is 99.5. The number of ether oxygens (including phenoxy) is 4. The molecule has 2 saturated heterocycles. The van der Waals surface area contributed by atoms with E-state index in [1.165, 1.54) is 36.4 Å². The monoisotopic (exact) mass is 926 g/mol. The van der Waals surface area contributed by atoms with Crippen molar-refractivity contribution in [2.24, 2.45) is 17.6 Å². The maximum Gasteiger partial charge on any atom is 0.573 e. The molecular weight excluding hydrogens is 879 g/mol. The zero-order valence-electron chi connectivity index (χ0n) is 36.1. The molecule has 0 unspecified atom stereocenters. The average Bonchev–Trinajstić information content (AvgIpc) is 3.92. The summed E-state index contributed by atoms with van der Waals surface area (Å²) in [4.78, 5) is 6.22. The Labute approximate surface area is 373 Å². The van der Waals surface area contributed by atoms with Gasteiger partial charge in [0, 0.05) is 44.9 Å². The Morgan fingerprint density at radius 3 is 1.77 bits per heavy atom. The van der Waals surface area contributed by atoms with Crippen LogP contribution in [0.5, 0.6) is 23.0 Å². The van der Waals surface area contributed by atoms with E-state index in [-0.39, 0.29) is 11.5 Å². The maximum absolute atomic E-state index is 12.7. The lowest BCUT2D eigenvalue weighted by atomic mass is 9.97. The van der Waals surface area contributed by atoms with Crippen LogP contribution in [0.4, 0.5) is 49.4 Å². The minimum atomic E-state index is -4.79. The summed E-state index contributed by atoms with van der Waals surface area (Å²) in [5.74, 6) is 3.44. The second-order valence-electron chi connectivity index (χ2n) is 16.5. The number of nitrogens with two attached hydrogens (primary N) is 1. The van der Waals surface area contributed by atoms with Crippen LogP contribution in [0.25, 0.3) is 34.1 Å². The molecule has 24 heteroatoms. The molecule has 4 aliphatic rings. The molecule has 352 valence electrons. The van der Waals surface area contributed by atoms with Gasteiger partial charge in [-0.2, -0.15) is 9.03 Å². The van der Waals surface area contributed by atoms with Crippen LogP contribution in [0.3, 0.4) is 0 Å². The Hall–Kier alpha value is -6.56. The number of nitrogens with zero attached hydrogens (tertiary/aromatic N) is 11. The van der Waals surface area contributed by atoms with Crippen LogP contribution in [0.2, 0.25) is 0 Å². The van der Waals surface area contributed by atoms with E-state index in [4.69, 9.17) is 25.4 Å². The van der Waals surface area contributed by atoms with Crippen LogP contribution >= 0.6 is 0 Å². The second-order valence-corrected chi connectivity index (χ2v) is 16.5. The van der Waals surface area contributed by atoms with Crippen LogP contribution in [-0.4, -0.2) is 132 Å². The number of nitrogens with one attached hydrogen (secondary N) is 2. The molecule has 0 atom stereocenters. The number of hydrogen-bond donors (Lipinski definition) is 3. The lowest BCUT2D eigenvalue weighted by Crippen LogP contribution is -2.38. The predicted octanol–water partition coefficient (Wildman–Crippen LogP) is 5.62. The number of likely N-dealkylation sites (N-methyl/N-ethyl adjacent to an activating group) is 2. The van der Waals surface area contributed by atoms with Crippen molar-refractivity contribution in [1.82, 2.24) is 44.9 Å². The van der Waals surface area contributed by atoms with Crippen molar-refractivity contribution in [3.8, 4) is 45.8 Å². The highest BCUT2D eigenvalue weighted by Gasteiger charge is 2.34. The van der Waals surface area contributed by atoms with E-state index in [1.54, 1.807) is 21.2 Å². The van der Waals surface area contributed by atoms with Gasteiger partial charge >= 0.3 is 12.7 Å². The van der Waals surface area contributed by atoms with E-state index < -0.39 is 12.7 Å². The number of hydrogen-bond acceptors (Lipinski definition) is 16. The number of benzene rings is 2. The summed E-state index contributed by atoms with van der Waals surface area (Å²) in [6.07, 6.45) is -5.52. The molecule has 4 aliphatic heterocycles. The summed E-state index contributed by atoms with van der Waals surface area (Å²) in [7, 11) is 3.88. The minimum Gasteiger partial charge on any atom is -0.486 e. The number of halogens is 6. The quantitative estimate of drug-likeness (QED) is 0.152. The highest BCUT2D eigenvalue weighted by Crippen LogP contribution is 2.44. The van der Waals surface area contributed by atoms with Gasteiger partial charge in [0.1, 0.15) is 36.1 Å². The molecule has 4 aromatic heterocycles. The lowest BCUT2D eigenvalue weighted by molar-refractivity contribution is -0.275. The van der Waals surface area contributed by atoms with Crippen molar-refractivity contribution >= 4 is 34.3 Å². The summed E-state index contributed by atoms with van der Waals surface area (Å²) in [6, 6.07) is 11.3. The van der Waals surface area contributed by atoms with Gasteiger partial charge in [-0.25, -0.2) is 0 Å². The van der Waals surface area contributed by atoms with Crippen molar-refractivity contribution in [3.05, 3.63) is 48.5 Å². The van der Waals surface area contributed by atoms with Gasteiger partial charge in [-0.3, -0.25) is 0 Å². The van der Waals surface area contributed by atoms with E-state index >= 15 is 0 Å². The molecule has 8 heterocycles. The molecule has 10 rings (SSSR count). The van der Waals surface area contributed by atoms with Gasteiger partial charge in [0.05, 0.1) is 13.1 Å². The van der Waals surface area contributed by atoms with Crippen LogP contribution in [0.15, 0.2) is 48.5 Å². The highest BCUT2D eigenvalue weighted by atomic mass is 19.4. The van der Waals surface area contributed by atoms with Gasteiger partial charge < -0.3 is 50.0 Å². The maximum atomic E-state index is 12.7. The number of piperidine rings is 2. The first-order chi connectivity index (χ1) is 31.7. The molecule has 0 spiro atoms. The van der Waals surface area contributed by atoms with Crippen molar-refractivity contribution in [2.75, 3.05) is 99.7 Å². The van der Waals surface area contributed by atoms with E-state index in [1.807, 2.05) is 23.9 Å². The van der Waals surface area contributed by atoms with Crippen LogP contribution in [0.1, 0.15) is 25.7 Å². The molecule has 66 heavy (non-hydrogen) atoms. The smallest absolute Gasteiger partial charge is 0.486 e. The van der Waals surface area contributed by atoms with Crippen molar-refractivity contribution in [1.29, 1.82) is 0 Å². The Morgan fingerprint density at radius 2 is 1.23 bits per heavy atom. The Bertz CT molecular complexity index is 2660. The van der Waals surface area contributed by atoms with E-state index in [0.29, 0.717) is 102 Å². The number of alkyl halides is 6. The summed E-state index contributed by atoms with van der Waals surface area (Å²) >= 11 is 0. The molecule has 6 aromatic rings. The van der Waals surface area contributed by atoms with Gasteiger partial charge in [-0.15, -0.1) is 56.9 Å². The summed E-state index contributed by atoms with van der Waals surface area (Å²) in [5.41, 5.74) is 9.10. The van der Waals surface area contributed by atoms with Crippen LogP contribution in [0, 0.1) is 11.8 Å². The molecule has 18 nitrogen and oxygen atoms in total. The summed E-state index contributed by atoms with van der Waals surface area (Å²) in [5, 5.41) is 33.4. The molecule has 4 N–H and O–H groups in total. The second kappa shape index (κ2) is 18.4. The third-order valence-corrected chi connectivity index (χ3v) is 12.0. The highest BCUT2D eigenvalue weighted by molar-refractivity contribution is 5.84. The Balaban J connectivity index is 0.000000166. The number of fused-ring (bicyclic) bond motifs is 6. The van der Waals surface area contributed by atoms with E-state index in [2.05, 4.69) is 45.4 Å². The SMILES string of the molecule is CN1CCOc2c(N3CCC(CN)CC3)nn3c(-c4cccc(OC(F)(F)F)c4)nnc3c21.CN1CCOc2c(NCC3CCNCC3)nn3c(-c4cccc(OC(F)(F)F)c4)nnc3c21. The molecule has 0 amide bonds. The molecular formula is C42H48F6N14O4. The van der Waals surface area contributed by atoms with Crippen molar-refractivity contribution in [2.45, 2.75) is 38.4 Å². The molecule has 0 saturated carbocycles.